The van der Waals surface area contributed by atoms with Gasteiger partial charge in [0.25, 0.3) is 5.91 Å². The van der Waals surface area contributed by atoms with Crippen molar-refractivity contribution in [2.45, 2.75) is 18.4 Å². The molecule has 3 heterocycles. The fraction of sp³-hybridized carbons (Fsp3) is 0.267. The third-order valence-electron chi connectivity index (χ3n) is 4.35. The van der Waals surface area contributed by atoms with Crippen molar-refractivity contribution in [3.8, 4) is 0 Å². The second kappa shape index (κ2) is 4.03. The van der Waals surface area contributed by atoms with Crippen LogP contribution in [0.3, 0.4) is 0 Å². The first-order valence-electron chi connectivity index (χ1n) is 6.63. The van der Waals surface area contributed by atoms with E-state index in [0.717, 1.165) is 30.5 Å². The van der Waals surface area contributed by atoms with Crippen LogP contribution in [0.15, 0.2) is 36.7 Å². The highest BCUT2D eigenvalue weighted by molar-refractivity contribution is 6.30. The summed E-state index contributed by atoms with van der Waals surface area (Å²) in [6.45, 7) is 0.774. The molecule has 1 aromatic heterocycles. The van der Waals surface area contributed by atoms with Crippen LogP contribution in [-0.4, -0.2) is 27.5 Å². The molecule has 0 N–H and O–H groups in total. The minimum atomic E-state index is -0.382. The van der Waals surface area contributed by atoms with Crippen molar-refractivity contribution in [3.63, 3.8) is 0 Å². The van der Waals surface area contributed by atoms with Crippen molar-refractivity contribution >= 4 is 17.5 Å². The molecule has 1 amide bonds. The number of hydrogen-bond acceptors (Lipinski definition) is 3. The number of benzene rings is 1. The molecular weight excluding hydrogens is 274 g/mol. The van der Waals surface area contributed by atoms with Crippen LogP contribution in [-0.2, 0) is 5.54 Å². The number of aromatic nitrogens is 2. The van der Waals surface area contributed by atoms with Crippen LogP contribution in [0.25, 0.3) is 0 Å². The van der Waals surface area contributed by atoms with E-state index >= 15 is 0 Å². The van der Waals surface area contributed by atoms with Gasteiger partial charge in [-0.2, -0.15) is 10.2 Å². The zero-order valence-electron chi connectivity index (χ0n) is 10.7. The molecule has 100 valence electrons. The number of carbonyl (C=O) groups is 1. The van der Waals surface area contributed by atoms with Crippen LogP contribution in [0.1, 0.15) is 34.3 Å². The van der Waals surface area contributed by atoms with Gasteiger partial charge in [0, 0.05) is 17.1 Å². The largest absolute Gasteiger partial charge is 0.325 e. The molecule has 1 fully saturated rings. The Hall–Kier alpha value is -1.94. The van der Waals surface area contributed by atoms with Crippen molar-refractivity contribution in [2.24, 2.45) is 0 Å². The van der Waals surface area contributed by atoms with Gasteiger partial charge in [0.2, 0.25) is 0 Å². The molecule has 1 saturated heterocycles. The van der Waals surface area contributed by atoms with Crippen molar-refractivity contribution < 1.29 is 4.79 Å². The Kier molecular flexibility index (Phi) is 2.39. The van der Waals surface area contributed by atoms with Gasteiger partial charge in [-0.05, 0) is 30.5 Å². The fourth-order valence-electron chi connectivity index (χ4n) is 3.52. The summed E-state index contributed by atoms with van der Waals surface area (Å²) in [6.07, 6.45) is 5.22. The summed E-state index contributed by atoms with van der Waals surface area (Å²) in [5, 5.41) is 8.54. The van der Waals surface area contributed by atoms with E-state index in [0.29, 0.717) is 10.6 Å². The third kappa shape index (κ3) is 1.34. The summed E-state index contributed by atoms with van der Waals surface area (Å²) in [5.41, 5.74) is 2.36. The maximum Gasteiger partial charge on any atom is 0.256 e. The van der Waals surface area contributed by atoms with E-state index in [1.807, 2.05) is 29.2 Å². The maximum atomic E-state index is 12.6. The lowest BCUT2D eigenvalue weighted by Crippen LogP contribution is -2.39. The molecule has 5 heteroatoms. The minimum Gasteiger partial charge on any atom is -0.325 e. The highest BCUT2D eigenvalue weighted by atomic mass is 35.5. The zero-order valence-corrected chi connectivity index (χ0v) is 11.5. The van der Waals surface area contributed by atoms with E-state index in [9.17, 15) is 4.79 Å². The summed E-state index contributed by atoms with van der Waals surface area (Å²) < 4.78 is 0. The Morgan fingerprint density at radius 2 is 1.90 bits per heavy atom. The Labute approximate surface area is 121 Å². The number of halogens is 1. The topological polar surface area (TPSA) is 46.1 Å². The number of nitrogens with zero attached hydrogens (tertiary/aromatic N) is 3. The zero-order chi connectivity index (χ0) is 13.7. The molecule has 4 nitrogen and oxygen atoms in total. The third-order valence-corrected chi connectivity index (χ3v) is 4.61. The van der Waals surface area contributed by atoms with Crippen molar-refractivity contribution in [1.29, 1.82) is 0 Å². The monoisotopic (exact) mass is 285 g/mol. The average molecular weight is 286 g/mol. The van der Waals surface area contributed by atoms with Gasteiger partial charge in [-0.25, -0.2) is 0 Å². The first kappa shape index (κ1) is 11.9. The summed E-state index contributed by atoms with van der Waals surface area (Å²) in [4.78, 5) is 14.5. The molecule has 2 aliphatic heterocycles. The Bertz CT molecular complexity index is 701. The van der Waals surface area contributed by atoms with Crippen LogP contribution in [0.5, 0.6) is 0 Å². The lowest BCUT2D eigenvalue weighted by molar-refractivity contribution is 0.0711. The fourth-order valence-corrected chi connectivity index (χ4v) is 3.65. The second-order valence-electron chi connectivity index (χ2n) is 5.24. The van der Waals surface area contributed by atoms with E-state index in [-0.39, 0.29) is 11.4 Å². The molecule has 2 aromatic rings. The number of rotatable bonds is 1. The summed E-state index contributed by atoms with van der Waals surface area (Å²) in [5.74, 6) is 0.0577. The highest BCUT2D eigenvalue weighted by Gasteiger charge is 2.53. The van der Waals surface area contributed by atoms with Crippen molar-refractivity contribution in [3.05, 3.63) is 58.4 Å². The lowest BCUT2D eigenvalue weighted by Gasteiger charge is -2.33. The van der Waals surface area contributed by atoms with Gasteiger partial charge in [-0.3, -0.25) is 4.79 Å². The minimum absolute atomic E-state index is 0.0577. The van der Waals surface area contributed by atoms with E-state index in [1.165, 1.54) is 0 Å². The Morgan fingerprint density at radius 1 is 1.15 bits per heavy atom. The Balaban J connectivity index is 1.99. The van der Waals surface area contributed by atoms with Gasteiger partial charge in [0.15, 0.2) is 0 Å². The smallest absolute Gasteiger partial charge is 0.256 e. The van der Waals surface area contributed by atoms with Gasteiger partial charge >= 0.3 is 0 Å². The predicted octanol–water partition coefficient (Wildman–Crippen LogP) is 2.62. The van der Waals surface area contributed by atoms with Crippen molar-refractivity contribution in [1.82, 2.24) is 15.1 Å². The van der Waals surface area contributed by atoms with Gasteiger partial charge in [-0.15, -0.1) is 0 Å². The Morgan fingerprint density at radius 3 is 2.70 bits per heavy atom. The molecule has 2 aliphatic rings. The summed E-state index contributed by atoms with van der Waals surface area (Å²) >= 11 is 5.98. The molecule has 0 radical (unpaired) electrons. The average Bonchev–Trinajstić information content (AvgIpc) is 3.01. The lowest BCUT2D eigenvalue weighted by atomic mass is 9.82. The first-order chi connectivity index (χ1) is 9.73. The van der Waals surface area contributed by atoms with Gasteiger partial charge in [0.05, 0.1) is 23.5 Å². The SMILES string of the molecule is O=C1c2cnncc2C2(c3ccc(Cl)cc3)CCCN12. The molecule has 20 heavy (non-hydrogen) atoms. The normalized spacial score (nSPS) is 23.9. The van der Waals surface area contributed by atoms with Crippen LogP contribution in [0.2, 0.25) is 5.02 Å². The molecule has 0 aliphatic carbocycles. The molecular formula is C15H12ClN3O. The van der Waals surface area contributed by atoms with Crippen LogP contribution in [0, 0.1) is 0 Å². The molecule has 0 saturated carbocycles. The number of fused-ring (bicyclic) bond motifs is 3. The second-order valence-corrected chi connectivity index (χ2v) is 5.68. The van der Waals surface area contributed by atoms with Gasteiger partial charge < -0.3 is 4.90 Å². The van der Waals surface area contributed by atoms with E-state index in [1.54, 1.807) is 12.4 Å². The summed E-state index contributed by atoms with van der Waals surface area (Å²) in [7, 11) is 0. The first-order valence-corrected chi connectivity index (χ1v) is 7.00. The van der Waals surface area contributed by atoms with E-state index in [4.69, 9.17) is 11.6 Å². The quantitative estimate of drug-likeness (QED) is 0.809. The van der Waals surface area contributed by atoms with Crippen LogP contribution in [0.4, 0.5) is 0 Å². The molecule has 1 aromatic carbocycles. The van der Waals surface area contributed by atoms with E-state index < -0.39 is 0 Å². The molecule has 4 rings (SSSR count). The van der Waals surface area contributed by atoms with Gasteiger partial charge in [0.1, 0.15) is 0 Å². The molecule has 0 bridgehead atoms. The molecule has 0 spiro atoms. The molecule has 1 unspecified atom stereocenters. The van der Waals surface area contributed by atoms with Crippen molar-refractivity contribution in [2.75, 3.05) is 6.54 Å². The van der Waals surface area contributed by atoms with E-state index in [2.05, 4.69) is 10.2 Å². The van der Waals surface area contributed by atoms with Crippen LogP contribution < -0.4 is 0 Å². The highest BCUT2D eigenvalue weighted by Crippen LogP contribution is 2.50. The summed E-state index contributed by atoms with van der Waals surface area (Å²) in [6, 6.07) is 7.76. The number of amides is 1. The predicted molar refractivity (Wildman–Crippen MR) is 74.5 cm³/mol. The standard InChI is InChI=1S/C15H12ClN3O/c16-11-4-2-10(3-5-11)15-6-1-7-19(15)14(20)12-8-17-18-9-13(12)15/h2-5,8-9H,1,6-7H2. The number of hydrogen-bond donors (Lipinski definition) is 0. The number of carbonyl (C=O) groups excluding carboxylic acids is 1. The van der Waals surface area contributed by atoms with Crippen LogP contribution >= 0.6 is 11.6 Å². The van der Waals surface area contributed by atoms with Gasteiger partial charge in [-0.1, -0.05) is 23.7 Å². The maximum absolute atomic E-state index is 12.6. The molecule has 1 atom stereocenters.